The quantitative estimate of drug-likeness (QED) is 0.847. The maximum atomic E-state index is 12.4. The molecule has 6 heteroatoms. The molecule has 0 radical (unpaired) electrons. The molecule has 2 aromatic rings. The minimum absolute atomic E-state index is 0.197. The van der Waals surface area contributed by atoms with Gasteiger partial charge in [0.25, 0.3) is 10.0 Å². The van der Waals surface area contributed by atoms with Crippen LogP contribution in [0.15, 0.2) is 41.4 Å². The summed E-state index contributed by atoms with van der Waals surface area (Å²) >= 11 is 0. The van der Waals surface area contributed by atoms with Gasteiger partial charge in [0.1, 0.15) is 5.82 Å². The molecule has 0 amide bonds. The lowest BCUT2D eigenvalue weighted by Gasteiger charge is -2.11. The maximum absolute atomic E-state index is 12.4. The summed E-state index contributed by atoms with van der Waals surface area (Å²) in [6.07, 6.45) is 2.22. The monoisotopic (exact) mass is 291 g/mol. The highest BCUT2D eigenvalue weighted by Crippen LogP contribution is 2.22. The summed E-state index contributed by atoms with van der Waals surface area (Å²) in [5.74, 6) is 0.292. The molecular formula is C14H17N3O2S. The molecule has 1 heterocycles. The standard InChI is InChI=1S/C14H17N3O2S/c1-3-11-5-6-12(15)8-13(11)20(18,19)17-14-7-4-10(2)9-16-14/h4-9H,3,15H2,1-2H3,(H,16,17). The first-order valence-corrected chi connectivity index (χ1v) is 7.74. The van der Waals surface area contributed by atoms with Crippen LogP contribution < -0.4 is 10.5 Å². The van der Waals surface area contributed by atoms with Gasteiger partial charge in [-0.05, 0) is 42.7 Å². The van der Waals surface area contributed by atoms with E-state index in [2.05, 4.69) is 9.71 Å². The average molecular weight is 291 g/mol. The molecule has 0 bridgehead atoms. The molecule has 106 valence electrons. The van der Waals surface area contributed by atoms with Crippen LogP contribution in [0.3, 0.4) is 0 Å². The number of aromatic nitrogens is 1. The minimum Gasteiger partial charge on any atom is -0.399 e. The third-order valence-corrected chi connectivity index (χ3v) is 4.35. The Balaban J connectivity index is 2.40. The molecule has 0 saturated carbocycles. The molecule has 0 unspecified atom stereocenters. The maximum Gasteiger partial charge on any atom is 0.263 e. The first-order chi connectivity index (χ1) is 9.42. The number of hydrogen-bond acceptors (Lipinski definition) is 4. The molecule has 5 nitrogen and oxygen atoms in total. The number of nitrogens with one attached hydrogen (secondary N) is 1. The summed E-state index contributed by atoms with van der Waals surface area (Å²) in [7, 11) is -3.68. The van der Waals surface area contributed by atoms with Gasteiger partial charge in [0.05, 0.1) is 4.90 Å². The molecular weight excluding hydrogens is 274 g/mol. The lowest BCUT2D eigenvalue weighted by atomic mass is 10.1. The van der Waals surface area contributed by atoms with Gasteiger partial charge in [-0.2, -0.15) is 0 Å². The molecule has 0 saturated heterocycles. The van der Waals surface area contributed by atoms with Crippen molar-refractivity contribution in [1.29, 1.82) is 0 Å². The SMILES string of the molecule is CCc1ccc(N)cc1S(=O)(=O)Nc1ccc(C)cn1. The summed E-state index contributed by atoms with van der Waals surface area (Å²) in [4.78, 5) is 4.24. The van der Waals surface area contributed by atoms with Gasteiger partial charge < -0.3 is 5.73 Å². The van der Waals surface area contributed by atoms with Crippen molar-refractivity contribution in [2.45, 2.75) is 25.2 Å². The highest BCUT2D eigenvalue weighted by Gasteiger charge is 2.18. The van der Waals surface area contributed by atoms with Crippen LogP contribution in [0.25, 0.3) is 0 Å². The van der Waals surface area contributed by atoms with Crippen LogP contribution in [0, 0.1) is 6.92 Å². The summed E-state index contributed by atoms with van der Waals surface area (Å²) in [5.41, 5.74) is 7.79. The Bertz CT molecular complexity index is 710. The number of rotatable bonds is 4. The van der Waals surface area contributed by atoms with Crippen LogP contribution >= 0.6 is 0 Å². The molecule has 1 aromatic carbocycles. The van der Waals surface area contributed by atoms with E-state index in [1.165, 1.54) is 6.07 Å². The number of pyridine rings is 1. The zero-order valence-electron chi connectivity index (χ0n) is 11.4. The van der Waals surface area contributed by atoms with E-state index in [0.717, 1.165) is 11.1 Å². The van der Waals surface area contributed by atoms with E-state index in [9.17, 15) is 8.42 Å². The van der Waals surface area contributed by atoms with Crippen molar-refractivity contribution in [3.05, 3.63) is 47.7 Å². The Morgan fingerprint density at radius 3 is 2.60 bits per heavy atom. The van der Waals surface area contributed by atoms with Gasteiger partial charge in [-0.1, -0.05) is 19.1 Å². The zero-order valence-corrected chi connectivity index (χ0v) is 12.2. The number of anilines is 2. The molecule has 3 N–H and O–H groups in total. The van der Waals surface area contributed by atoms with Crippen molar-refractivity contribution in [3.63, 3.8) is 0 Å². The van der Waals surface area contributed by atoms with Gasteiger partial charge in [0.2, 0.25) is 0 Å². The van der Waals surface area contributed by atoms with E-state index in [-0.39, 0.29) is 4.90 Å². The predicted octanol–water partition coefficient (Wildman–Crippen LogP) is 2.34. The Morgan fingerprint density at radius 1 is 1.25 bits per heavy atom. The lowest BCUT2D eigenvalue weighted by Crippen LogP contribution is -2.16. The minimum atomic E-state index is -3.68. The van der Waals surface area contributed by atoms with Gasteiger partial charge >= 0.3 is 0 Å². The summed E-state index contributed by atoms with van der Waals surface area (Å²) in [6, 6.07) is 8.32. The molecule has 0 fully saturated rings. The number of nitrogen functional groups attached to an aromatic ring is 1. The second-order valence-electron chi connectivity index (χ2n) is 4.55. The number of benzene rings is 1. The zero-order chi connectivity index (χ0) is 14.8. The highest BCUT2D eigenvalue weighted by atomic mass is 32.2. The molecule has 20 heavy (non-hydrogen) atoms. The van der Waals surface area contributed by atoms with Crippen molar-refractivity contribution in [2.24, 2.45) is 0 Å². The summed E-state index contributed by atoms with van der Waals surface area (Å²) in [5, 5.41) is 0. The fourth-order valence-corrected chi connectivity index (χ4v) is 3.19. The number of aryl methyl sites for hydroxylation is 2. The topological polar surface area (TPSA) is 85.1 Å². The third kappa shape index (κ3) is 3.08. The molecule has 0 aliphatic carbocycles. The largest absolute Gasteiger partial charge is 0.399 e. The number of sulfonamides is 1. The van der Waals surface area contributed by atoms with Gasteiger partial charge in [-0.25, -0.2) is 13.4 Å². The average Bonchev–Trinajstić information content (AvgIpc) is 2.41. The van der Waals surface area contributed by atoms with Crippen molar-refractivity contribution >= 4 is 21.5 Å². The van der Waals surface area contributed by atoms with Gasteiger partial charge in [0.15, 0.2) is 0 Å². The number of nitrogens with zero attached hydrogens (tertiary/aromatic N) is 1. The Morgan fingerprint density at radius 2 is 2.00 bits per heavy atom. The molecule has 0 atom stereocenters. The second-order valence-corrected chi connectivity index (χ2v) is 6.20. The number of hydrogen-bond donors (Lipinski definition) is 2. The van der Waals surface area contributed by atoms with E-state index in [0.29, 0.717) is 17.9 Å². The van der Waals surface area contributed by atoms with E-state index in [4.69, 9.17) is 5.73 Å². The van der Waals surface area contributed by atoms with Crippen LogP contribution in [-0.4, -0.2) is 13.4 Å². The van der Waals surface area contributed by atoms with Crippen molar-refractivity contribution < 1.29 is 8.42 Å². The van der Waals surface area contributed by atoms with Gasteiger partial charge in [0, 0.05) is 11.9 Å². The van der Waals surface area contributed by atoms with Crippen molar-refractivity contribution in [2.75, 3.05) is 10.5 Å². The van der Waals surface area contributed by atoms with E-state index < -0.39 is 10.0 Å². The van der Waals surface area contributed by atoms with E-state index >= 15 is 0 Å². The third-order valence-electron chi connectivity index (χ3n) is 2.91. The number of nitrogens with two attached hydrogens (primary N) is 1. The molecule has 2 rings (SSSR count). The van der Waals surface area contributed by atoms with Crippen LogP contribution in [0.5, 0.6) is 0 Å². The fraction of sp³-hybridized carbons (Fsp3) is 0.214. The second kappa shape index (κ2) is 5.50. The van der Waals surface area contributed by atoms with Crippen molar-refractivity contribution in [3.8, 4) is 0 Å². The van der Waals surface area contributed by atoms with Gasteiger partial charge in [-0.15, -0.1) is 0 Å². The Hall–Kier alpha value is -2.08. The van der Waals surface area contributed by atoms with Crippen molar-refractivity contribution in [1.82, 2.24) is 4.98 Å². The van der Waals surface area contributed by atoms with Crippen LogP contribution in [0.2, 0.25) is 0 Å². The first kappa shape index (κ1) is 14.3. The normalized spacial score (nSPS) is 11.3. The molecule has 1 aromatic heterocycles. The molecule has 0 aliphatic heterocycles. The predicted molar refractivity (Wildman–Crippen MR) is 80.0 cm³/mol. The van der Waals surface area contributed by atoms with Gasteiger partial charge in [-0.3, -0.25) is 4.72 Å². The van der Waals surface area contributed by atoms with Crippen LogP contribution in [-0.2, 0) is 16.4 Å². The Labute approximate surface area is 118 Å². The van der Waals surface area contributed by atoms with E-state index in [1.54, 1.807) is 30.5 Å². The fourth-order valence-electron chi connectivity index (χ4n) is 1.83. The smallest absolute Gasteiger partial charge is 0.263 e. The van der Waals surface area contributed by atoms with Crippen LogP contribution in [0.1, 0.15) is 18.1 Å². The highest BCUT2D eigenvalue weighted by molar-refractivity contribution is 7.92. The Kier molecular flexibility index (Phi) is 3.94. The first-order valence-electron chi connectivity index (χ1n) is 6.26. The molecule has 0 aliphatic rings. The summed E-state index contributed by atoms with van der Waals surface area (Å²) < 4.78 is 27.3. The molecule has 0 spiro atoms. The summed E-state index contributed by atoms with van der Waals surface area (Å²) in [6.45, 7) is 3.78. The lowest BCUT2D eigenvalue weighted by molar-refractivity contribution is 0.600. The van der Waals surface area contributed by atoms with E-state index in [1.807, 2.05) is 13.8 Å². The van der Waals surface area contributed by atoms with Crippen LogP contribution in [0.4, 0.5) is 11.5 Å².